The van der Waals surface area contributed by atoms with Gasteiger partial charge in [0.2, 0.25) is 0 Å². The van der Waals surface area contributed by atoms with Crippen molar-refractivity contribution in [2.45, 2.75) is 136 Å². The van der Waals surface area contributed by atoms with Crippen LogP contribution in [0.5, 0.6) is 0 Å². The van der Waals surface area contributed by atoms with Crippen molar-refractivity contribution < 1.29 is 30.3 Å². The van der Waals surface area contributed by atoms with Gasteiger partial charge in [-0.2, -0.15) is 0 Å². The number of hydrogen-bond donors (Lipinski definition) is 5. The average molecular weight is 635 g/mol. The van der Waals surface area contributed by atoms with E-state index in [1.807, 2.05) is 116 Å². The normalized spacial score (nSPS) is 33.9. The van der Waals surface area contributed by atoms with Gasteiger partial charge in [0.25, 0.3) is 0 Å². The van der Waals surface area contributed by atoms with Gasteiger partial charge in [0.15, 0.2) is 5.79 Å². The number of allylic oxidation sites excluding steroid dienone is 13. The second kappa shape index (κ2) is 13.9. The first-order chi connectivity index (χ1) is 21.1. The fourth-order valence-corrected chi connectivity index (χ4v) is 7.64. The number of fused-ring (bicyclic) bond motifs is 1. The highest BCUT2D eigenvalue weighted by Crippen LogP contribution is 2.68. The van der Waals surface area contributed by atoms with E-state index >= 15 is 0 Å². The maximum atomic E-state index is 11.0. The van der Waals surface area contributed by atoms with Gasteiger partial charge < -0.3 is 30.3 Å². The molecule has 3 fully saturated rings. The summed E-state index contributed by atoms with van der Waals surface area (Å²) in [4.78, 5) is 0. The molecule has 6 heteroatoms. The summed E-state index contributed by atoms with van der Waals surface area (Å²) in [5, 5.41) is 53.2. The zero-order valence-electron chi connectivity index (χ0n) is 29.7. The predicted molar refractivity (Wildman–Crippen MR) is 187 cm³/mol. The van der Waals surface area contributed by atoms with Crippen molar-refractivity contribution in [3.63, 3.8) is 0 Å². The SMILES string of the molecule is C\C(C=C=C1C(C)(C)C[C@H](O)C[C@@]1(C)O)=C/C=C/C(C)=C/C=C/C=C(C)/C=C/C=C(\C)C(O)(O)C[C@@]12O[C@]1(C)C[C@@H](O)CC2(C)C. The van der Waals surface area contributed by atoms with Crippen LogP contribution in [-0.4, -0.2) is 60.3 Å². The molecule has 0 bridgehead atoms. The molecule has 46 heavy (non-hydrogen) atoms. The van der Waals surface area contributed by atoms with Gasteiger partial charge in [0, 0.05) is 24.8 Å². The quantitative estimate of drug-likeness (QED) is 0.0750. The first-order valence-electron chi connectivity index (χ1n) is 16.5. The van der Waals surface area contributed by atoms with E-state index in [2.05, 4.69) is 5.73 Å². The second-order valence-electron chi connectivity index (χ2n) is 15.7. The Morgan fingerprint density at radius 1 is 0.761 bits per heavy atom. The lowest BCUT2D eigenvalue weighted by Gasteiger charge is -2.43. The van der Waals surface area contributed by atoms with Gasteiger partial charge >= 0.3 is 0 Å². The minimum absolute atomic E-state index is 0.0570. The molecule has 0 amide bonds. The summed E-state index contributed by atoms with van der Waals surface area (Å²) in [5.74, 6) is -2.02. The van der Waals surface area contributed by atoms with Crippen LogP contribution in [0.25, 0.3) is 0 Å². The molecular formula is C40H58O6. The van der Waals surface area contributed by atoms with Crippen molar-refractivity contribution in [3.05, 3.63) is 100 Å². The van der Waals surface area contributed by atoms with Gasteiger partial charge in [-0.25, -0.2) is 0 Å². The van der Waals surface area contributed by atoms with Crippen LogP contribution in [0.3, 0.4) is 0 Å². The Hall–Kier alpha value is -2.54. The van der Waals surface area contributed by atoms with Gasteiger partial charge in [-0.15, -0.1) is 5.73 Å². The largest absolute Gasteiger partial charge is 0.393 e. The highest BCUT2D eigenvalue weighted by Gasteiger charge is 2.77. The Morgan fingerprint density at radius 3 is 1.83 bits per heavy atom. The number of rotatable bonds is 10. The van der Waals surface area contributed by atoms with Crippen molar-refractivity contribution in [1.29, 1.82) is 0 Å². The molecule has 3 aliphatic rings. The number of aliphatic hydroxyl groups excluding tert-OH is 2. The summed E-state index contributed by atoms with van der Waals surface area (Å²) in [6.07, 6.45) is 22.4. The Kier molecular flexibility index (Phi) is 11.5. The maximum absolute atomic E-state index is 11.0. The zero-order chi connectivity index (χ0) is 34.8. The monoisotopic (exact) mass is 634 g/mol. The fourth-order valence-electron chi connectivity index (χ4n) is 7.64. The van der Waals surface area contributed by atoms with Crippen LogP contribution in [0.15, 0.2) is 100 Å². The van der Waals surface area contributed by atoms with Crippen LogP contribution < -0.4 is 0 Å². The molecule has 1 saturated heterocycles. The van der Waals surface area contributed by atoms with Crippen LogP contribution in [-0.2, 0) is 4.74 Å². The van der Waals surface area contributed by atoms with Crippen molar-refractivity contribution in [2.24, 2.45) is 10.8 Å². The number of aliphatic hydroxyl groups is 5. The second-order valence-corrected chi connectivity index (χ2v) is 15.7. The van der Waals surface area contributed by atoms with Crippen molar-refractivity contribution in [3.8, 4) is 0 Å². The number of epoxide rings is 1. The molecule has 0 aromatic carbocycles. The highest BCUT2D eigenvalue weighted by molar-refractivity contribution is 5.34. The number of hydrogen-bond acceptors (Lipinski definition) is 6. The van der Waals surface area contributed by atoms with E-state index in [1.165, 1.54) is 0 Å². The first-order valence-corrected chi connectivity index (χ1v) is 16.5. The van der Waals surface area contributed by atoms with Crippen LogP contribution in [0.2, 0.25) is 0 Å². The first kappa shape index (κ1) is 37.9. The van der Waals surface area contributed by atoms with Gasteiger partial charge in [-0.1, -0.05) is 99.6 Å². The van der Waals surface area contributed by atoms with Gasteiger partial charge in [0.05, 0.1) is 23.4 Å². The molecule has 0 spiro atoms. The minimum Gasteiger partial charge on any atom is -0.393 e. The van der Waals surface area contributed by atoms with E-state index in [0.29, 0.717) is 31.3 Å². The zero-order valence-corrected chi connectivity index (χ0v) is 29.7. The van der Waals surface area contributed by atoms with E-state index in [1.54, 1.807) is 19.9 Å². The fraction of sp³-hybridized carbons (Fsp3) is 0.575. The predicted octanol–water partition coefficient (Wildman–Crippen LogP) is 7.23. The summed E-state index contributed by atoms with van der Waals surface area (Å²) in [5.41, 5.74) is 4.66. The lowest BCUT2D eigenvalue weighted by Crippen LogP contribution is -2.51. The molecule has 0 aromatic rings. The Bertz CT molecular complexity index is 1400. The molecule has 1 heterocycles. The van der Waals surface area contributed by atoms with Crippen LogP contribution >= 0.6 is 0 Å². The molecule has 6 nitrogen and oxygen atoms in total. The van der Waals surface area contributed by atoms with Gasteiger partial charge in [-0.3, -0.25) is 0 Å². The molecule has 5 N–H and O–H groups in total. The smallest absolute Gasteiger partial charge is 0.188 e. The van der Waals surface area contributed by atoms with E-state index in [0.717, 1.165) is 22.3 Å². The Balaban J connectivity index is 1.56. The highest BCUT2D eigenvalue weighted by atomic mass is 16.6. The van der Waals surface area contributed by atoms with Crippen LogP contribution in [0.1, 0.15) is 101 Å². The van der Waals surface area contributed by atoms with Crippen molar-refractivity contribution in [1.82, 2.24) is 0 Å². The molecule has 254 valence electrons. The molecule has 3 rings (SSSR count). The average Bonchev–Trinajstić information content (AvgIpc) is 3.48. The molecule has 0 unspecified atom stereocenters. The van der Waals surface area contributed by atoms with Crippen LogP contribution in [0.4, 0.5) is 0 Å². The van der Waals surface area contributed by atoms with Crippen LogP contribution in [0, 0.1) is 10.8 Å². The molecule has 5 atom stereocenters. The van der Waals surface area contributed by atoms with Crippen molar-refractivity contribution >= 4 is 0 Å². The molecule has 2 aliphatic carbocycles. The van der Waals surface area contributed by atoms with Crippen molar-refractivity contribution in [2.75, 3.05) is 0 Å². The Labute approximate surface area is 277 Å². The molecule has 1 aliphatic heterocycles. The topological polar surface area (TPSA) is 114 Å². The third-order valence-electron chi connectivity index (χ3n) is 10.1. The summed E-state index contributed by atoms with van der Waals surface area (Å²) in [7, 11) is 0. The van der Waals surface area contributed by atoms with Gasteiger partial charge in [0.1, 0.15) is 5.60 Å². The number of ether oxygens (including phenoxy) is 1. The van der Waals surface area contributed by atoms with E-state index in [9.17, 15) is 25.5 Å². The summed E-state index contributed by atoms with van der Waals surface area (Å²) in [6, 6.07) is 0. The lowest BCUT2D eigenvalue weighted by atomic mass is 9.60. The summed E-state index contributed by atoms with van der Waals surface area (Å²) >= 11 is 0. The molecule has 0 radical (unpaired) electrons. The minimum atomic E-state index is -2.02. The maximum Gasteiger partial charge on any atom is 0.188 e. The van der Waals surface area contributed by atoms with E-state index < -0.39 is 34.8 Å². The molecule has 0 aromatic heterocycles. The third kappa shape index (κ3) is 8.87. The standard InChI is InChI=1S/C40H58O6/c1-28(17-13-18-30(3)21-22-34-35(5,6)23-32(41)25-37(34,9)43)15-11-12-16-29(2)19-14-20-31(4)39(44,45)27-40-36(7,8)24-33(42)26-38(40,10)46-40/h11-21,32-33,41-45H,23-27H2,1-10H3/b12-11+,17-13+,19-14+,28-15+,29-16+,30-18+,31-20+/t22?,32-,33-,37+,38+,40-/m0/s1. The summed E-state index contributed by atoms with van der Waals surface area (Å²) in [6.45, 7) is 19.6. The third-order valence-corrected chi connectivity index (χ3v) is 10.1. The lowest BCUT2D eigenvalue weighted by molar-refractivity contribution is -0.157. The Morgan fingerprint density at radius 2 is 1.28 bits per heavy atom. The van der Waals surface area contributed by atoms with E-state index in [4.69, 9.17) is 4.74 Å². The van der Waals surface area contributed by atoms with Gasteiger partial charge in [-0.05, 0) is 82.4 Å². The molecular weight excluding hydrogens is 576 g/mol. The summed E-state index contributed by atoms with van der Waals surface area (Å²) < 4.78 is 6.14. The molecule has 2 saturated carbocycles. The van der Waals surface area contributed by atoms with E-state index in [-0.39, 0.29) is 17.3 Å².